The summed E-state index contributed by atoms with van der Waals surface area (Å²) in [4.78, 5) is 27.4. The maximum absolute atomic E-state index is 13.6. The molecule has 0 fully saturated rings. The molecular formula is C27H30FN3O4S. The van der Waals surface area contributed by atoms with Crippen LogP contribution in [-0.2, 0) is 26.0 Å². The highest BCUT2D eigenvalue weighted by molar-refractivity contribution is 7.92. The summed E-state index contributed by atoms with van der Waals surface area (Å²) in [6, 6.07) is 19.8. The molecule has 0 aromatic heterocycles. The number of aryl methyl sites for hydroxylation is 1. The molecular weight excluding hydrogens is 481 g/mol. The highest BCUT2D eigenvalue weighted by Crippen LogP contribution is 2.25. The maximum atomic E-state index is 13.6. The lowest BCUT2D eigenvalue weighted by Gasteiger charge is -2.31. The van der Waals surface area contributed by atoms with E-state index in [-0.39, 0.29) is 23.0 Å². The number of sulfonamides is 1. The van der Waals surface area contributed by atoms with Crippen molar-refractivity contribution >= 4 is 27.5 Å². The fraction of sp³-hybridized carbons (Fsp3) is 0.259. The molecule has 0 aliphatic carbocycles. The van der Waals surface area contributed by atoms with Gasteiger partial charge in [-0.1, -0.05) is 48.0 Å². The number of rotatable bonds is 10. The van der Waals surface area contributed by atoms with Crippen LogP contribution in [0.4, 0.5) is 10.1 Å². The number of benzene rings is 3. The van der Waals surface area contributed by atoms with Crippen molar-refractivity contribution in [2.45, 2.75) is 31.2 Å². The summed E-state index contributed by atoms with van der Waals surface area (Å²) in [5.41, 5.74) is 1.99. The van der Waals surface area contributed by atoms with Crippen LogP contribution in [-0.4, -0.2) is 51.3 Å². The molecule has 3 aromatic carbocycles. The number of carbonyl (C=O) groups is 2. The van der Waals surface area contributed by atoms with Crippen molar-refractivity contribution in [1.29, 1.82) is 0 Å². The lowest BCUT2D eigenvalue weighted by molar-refractivity contribution is -0.138. The van der Waals surface area contributed by atoms with Gasteiger partial charge in [-0.25, -0.2) is 12.8 Å². The molecule has 0 spiro atoms. The molecule has 3 rings (SSSR count). The van der Waals surface area contributed by atoms with Gasteiger partial charge in [-0.15, -0.1) is 0 Å². The zero-order valence-corrected chi connectivity index (χ0v) is 21.3. The van der Waals surface area contributed by atoms with Crippen LogP contribution in [0.25, 0.3) is 0 Å². The van der Waals surface area contributed by atoms with Crippen LogP contribution in [0.1, 0.15) is 18.1 Å². The number of nitrogens with zero attached hydrogens (tertiary/aromatic N) is 2. The number of hydrogen-bond acceptors (Lipinski definition) is 4. The van der Waals surface area contributed by atoms with Gasteiger partial charge in [0.25, 0.3) is 10.0 Å². The number of likely N-dealkylation sites (N-methyl/N-ethyl adjacent to an activating group) is 1. The first-order chi connectivity index (χ1) is 17.1. The zero-order valence-electron chi connectivity index (χ0n) is 20.5. The molecule has 2 amide bonds. The van der Waals surface area contributed by atoms with Gasteiger partial charge in [-0.05, 0) is 62.2 Å². The number of anilines is 1. The number of nitrogens with one attached hydrogen (secondary N) is 1. The highest BCUT2D eigenvalue weighted by atomic mass is 32.2. The first-order valence-electron chi connectivity index (χ1n) is 11.5. The van der Waals surface area contributed by atoms with Crippen molar-refractivity contribution in [2.24, 2.45) is 0 Å². The van der Waals surface area contributed by atoms with Crippen LogP contribution < -0.4 is 9.62 Å². The van der Waals surface area contributed by atoms with Crippen molar-refractivity contribution in [3.8, 4) is 0 Å². The first kappa shape index (κ1) is 26.9. The van der Waals surface area contributed by atoms with Crippen LogP contribution in [0.3, 0.4) is 0 Å². The van der Waals surface area contributed by atoms with Crippen molar-refractivity contribution in [2.75, 3.05) is 24.4 Å². The normalized spacial score (nSPS) is 12.0. The third-order valence-electron chi connectivity index (χ3n) is 5.90. The minimum Gasteiger partial charge on any atom is -0.357 e. The fourth-order valence-electron chi connectivity index (χ4n) is 3.75. The van der Waals surface area contributed by atoms with Crippen molar-refractivity contribution < 1.29 is 22.4 Å². The molecule has 0 radical (unpaired) electrons. The van der Waals surface area contributed by atoms with E-state index < -0.39 is 34.3 Å². The van der Waals surface area contributed by atoms with Crippen molar-refractivity contribution in [1.82, 2.24) is 10.2 Å². The Labute approximate surface area is 211 Å². The highest BCUT2D eigenvalue weighted by Gasteiger charge is 2.32. The van der Waals surface area contributed by atoms with Crippen LogP contribution in [0.15, 0.2) is 83.8 Å². The van der Waals surface area contributed by atoms with E-state index in [1.807, 2.05) is 37.3 Å². The van der Waals surface area contributed by atoms with E-state index in [1.165, 1.54) is 36.2 Å². The second-order valence-electron chi connectivity index (χ2n) is 8.41. The molecule has 0 heterocycles. The molecule has 1 atom stereocenters. The van der Waals surface area contributed by atoms with Crippen LogP contribution in [0.5, 0.6) is 0 Å². The topological polar surface area (TPSA) is 86.8 Å². The summed E-state index contributed by atoms with van der Waals surface area (Å²) < 4.78 is 41.8. The van der Waals surface area contributed by atoms with Gasteiger partial charge in [0.05, 0.1) is 10.6 Å². The summed E-state index contributed by atoms with van der Waals surface area (Å²) in [5, 5.41) is 2.54. The Hall–Kier alpha value is -3.72. The van der Waals surface area contributed by atoms with E-state index in [0.29, 0.717) is 6.42 Å². The van der Waals surface area contributed by atoms with Crippen molar-refractivity contribution in [3.05, 3.63) is 95.8 Å². The monoisotopic (exact) mass is 511 g/mol. The summed E-state index contributed by atoms with van der Waals surface area (Å²) in [5.74, 6) is -1.45. The van der Waals surface area contributed by atoms with Gasteiger partial charge in [0.2, 0.25) is 11.8 Å². The van der Waals surface area contributed by atoms with Crippen molar-refractivity contribution in [3.63, 3.8) is 0 Å². The Bertz CT molecular complexity index is 1280. The van der Waals surface area contributed by atoms with Gasteiger partial charge >= 0.3 is 0 Å². The molecule has 36 heavy (non-hydrogen) atoms. The van der Waals surface area contributed by atoms with E-state index >= 15 is 0 Å². The molecule has 0 saturated carbocycles. The number of amides is 2. The van der Waals surface area contributed by atoms with E-state index in [0.717, 1.165) is 27.6 Å². The second-order valence-corrected chi connectivity index (χ2v) is 10.3. The smallest absolute Gasteiger partial charge is 0.264 e. The van der Waals surface area contributed by atoms with E-state index in [2.05, 4.69) is 5.32 Å². The van der Waals surface area contributed by atoms with Gasteiger partial charge in [0, 0.05) is 13.6 Å². The quantitative estimate of drug-likeness (QED) is 0.451. The molecule has 1 N–H and O–H groups in total. The van der Waals surface area contributed by atoms with Crippen LogP contribution in [0.2, 0.25) is 0 Å². The molecule has 0 bridgehead atoms. The lowest BCUT2D eigenvalue weighted by Crippen LogP contribution is -2.51. The molecule has 0 aliphatic rings. The summed E-state index contributed by atoms with van der Waals surface area (Å²) in [7, 11) is -2.69. The Kier molecular flexibility index (Phi) is 8.82. The van der Waals surface area contributed by atoms with Gasteiger partial charge in [0.15, 0.2) is 0 Å². The molecule has 0 saturated heterocycles. The molecule has 7 nitrogen and oxygen atoms in total. The van der Waals surface area contributed by atoms with Gasteiger partial charge in [-0.3, -0.25) is 13.9 Å². The number of hydrogen-bond donors (Lipinski definition) is 1. The molecule has 1 unspecified atom stereocenters. The summed E-state index contributed by atoms with van der Waals surface area (Å²) in [6.07, 6.45) is 0.481. The van der Waals surface area contributed by atoms with E-state index in [1.54, 1.807) is 19.1 Å². The zero-order chi connectivity index (χ0) is 26.3. The standard InChI is InChI=1S/C27H30FN3O4S/c1-20-9-15-25(16-10-20)36(34,35)31(24-13-11-23(28)12-14-24)19-26(32)30(21(2)27(33)29-3)18-17-22-7-5-4-6-8-22/h4-16,21H,17-19H2,1-3H3,(H,29,33). The lowest BCUT2D eigenvalue weighted by atomic mass is 10.1. The summed E-state index contributed by atoms with van der Waals surface area (Å²) in [6.45, 7) is 3.08. The minimum atomic E-state index is -4.17. The Morgan fingerprint density at radius 1 is 0.944 bits per heavy atom. The van der Waals surface area contributed by atoms with Gasteiger partial charge in [-0.2, -0.15) is 0 Å². The molecule has 190 valence electrons. The van der Waals surface area contributed by atoms with Crippen LogP contribution in [0, 0.1) is 12.7 Å². The third kappa shape index (κ3) is 6.48. The Balaban J connectivity index is 1.96. The predicted molar refractivity (Wildman–Crippen MR) is 137 cm³/mol. The largest absolute Gasteiger partial charge is 0.357 e. The van der Waals surface area contributed by atoms with E-state index in [4.69, 9.17) is 0 Å². The summed E-state index contributed by atoms with van der Waals surface area (Å²) >= 11 is 0. The molecule has 3 aromatic rings. The fourth-order valence-corrected chi connectivity index (χ4v) is 5.17. The number of halogens is 1. The van der Waals surface area contributed by atoms with Gasteiger partial charge < -0.3 is 10.2 Å². The minimum absolute atomic E-state index is 0.000380. The SMILES string of the molecule is CNC(=O)C(C)N(CCc1ccccc1)C(=O)CN(c1ccc(F)cc1)S(=O)(=O)c1ccc(C)cc1. The van der Waals surface area contributed by atoms with Gasteiger partial charge in [0.1, 0.15) is 18.4 Å². The third-order valence-corrected chi connectivity index (χ3v) is 7.69. The Morgan fingerprint density at radius 2 is 1.56 bits per heavy atom. The molecule has 0 aliphatic heterocycles. The first-order valence-corrected chi connectivity index (χ1v) is 13.0. The Morgan fingerprint density at radius 3 is 2.14 bits per heavy atom. The van der Waals surface area contributed by atoms with Crippen LogP contribution >= 0.6 is 0 Å². The average molecular weight is 512 g/mol. The maximum Gasteiger partial charge on any atom is 0.264 e. The predicted octanol–water partition coefficient (Wildman–Crippen LogP) is 3.54. The van der Waals surface area contributed by atoms with E-state index in [9.17, 15) is 22.4 Å². The molecule has 9 heteroatoms. The number of carbonyl (C=O) groups excluding carboxylic acids is 2. The second kappa shape index (κ2) is 11.8. The average Bonchev–Trinajstić information content (AvgIpc) is 2.88.